The Morgan fingerprint density at radius 2 is 1.96 bits per heavy atom. The van der Waals surface area contributed by atoms with E-state index < -0.39 is 11.9 Å². The first-order valence-electron chi connectivity index (χ1n) is 9.07. The van der Waals surface area contributed by atoms with Crippen LogP contribution in [0.25, 0.3) is 0 Å². The van der Waals surface area contributed by atoms with E-state index in [0.717, 1.165) is 19.3 Å². The molecule has 26 heavy (non-hydrogen) atoms. The van der Waals surface area contributed by atoms with Crippen LogP contribution >= 0.6 is 0 Å². The second-order valence-electron chi connectivity index (χ2n) is 6.79. The van der Waals surface area contributed by atoms with Gasteiger partial charge in [-0.3, -0.25) is 14.6 Å². The molecule has 0 spiro atoms. The van der Waals surface area contributed by atoms with Crippen molar-refractivity contribution in [2.45, 2.75) is 58.5 Å². The van der Waals surface area contributed by atoms with Gasteiger partial charge in [-0.1, -0.05) is 19.8 Å². The molecule has 0 bridgehead atoms. The lowest BCUT2D eigenvalue weighted by atomic mass is 10.1. The molecule has 1 aliphatic heterocycles. The van der Waals surface area contributed by atoms with Crippen molar-refractivity contribution >= 4 is 23.2 Å². The lowest BCUT2D eigenvalue weighted by Gasteiger charge is -2.26. The van der Waals surface area contributed by atoms with Crippen molar-refractivity contribution in [1.82, 2.24) is 4.90 Å². The Hall–Kier alpha value is -2.44. The number of benzene rings is 1. The highest BCUT2D eigenvalue weighted by Gasteiger charge is 2.36. The minimum absolute atomic E-state index is 0.0361. The van der Waals surface area contributed by atoms with Crippen LogP contribution in [0.3, 0.4) is 0 Å². The van der Waals surface area contributed by atoms with Crippen molar-refractivity contribution in [3.8, 4) is 0 Å². The van der Waals surface area contributed by atoms with Crippen LogP contribution in [0.2, 0.25) is 0 Å². The summed E-state index contributed by atoms with van der Waals surface area (Å²) in [6, 6.07) is 4.90. The number of nitrogens with two attached hydrogens (primary N) is 1. The fourth-order valence-corrected chi connectivity index (χ4v) is 2.99. The second kappa shape index (κ2) is 8.78. The summed E-state index contributed by atoms with van der Waals surface area (Å²) in [4.78, 5) is 26.6. The lowest BCUT2D eigenvalue weighted by Crippen LogP contribution is -2.43. The molecule has 0 fully saturated rings. The number of amides is 2. The standard InChI is InChI=1S/C19H27FN4O2/c1-4-5-6-11-23(13(2)3)19(26)16-12-17(18(21)25)24(22-16)15-9-7-14(20)8-10-15/h7-10,13,17H,4-6,11-12H2,1-3H3,(H2,21,25). The van der Waals surface area contributed by atoms with Gasteiger partial charge in [-0.05, 0) is 44.5 Å². The molecule has 2 N–H and O–H groups in total. The third-order valence-electron chi connectivity index (χ3n) is 4.46. The Labute approximate surface area is 153 Å². The SMILES string of the molecule is CCCCCN(C(=O)C1=NN(c2ccc(F)cc2)C(C(N)=O)C1)C(C)C. The van der Waals surface area contributed by atoms with Gasteiger partial charge in [-0.2, -0.15) is 5.10 Å². The summed E-state index contributed by atoms with van der Waals surface area (Å²) in [7, 11) is 0. The van der Waals surface area contributed by atoms with Gasteiger partial charge in [0, 0.05) is 19.0 Å². The molecule has 2 rings (SSSR count). The Morgan fingerprint density at radius 3 is 2.50 bits per heavy atom. The Kier molecular flexibility index (Phi) is 6.71. The molecular weight excluding hydrogens is 335 g/mol. The molecule has 0 radical (unpaired) electrons. The molecule has 142 valence electrons. The van der Waals surface area contributed by atoms with Crippen molar-refractivity contribution in [3.63, 3.8) is 0 Å². The van der Waals surface area contributed by atoms with Crippen molar-refractivity contribution in [3.05, 3.63) is 30.1 Å². The summed E-state index contributed by atoms with van der Waals surface area (Å²) in [6.07, 6.45) is 3.20. The van der Waals surface area contributed by atoms with Crippen LogP contribution in [0.5, 0.6) is 0 Å². The van der Waals surface area contributed by atoms with Crippen LogP contribution in [0.15, 0.2) is 29.4 Å². The second-order valence-corrected chi connectivity index (χ2v) is 6.79. The molecule has 6 nitrogen and oxygen atoms in total. The van der Waals surface area contributed by atoms with Crippen molar-refractivity contribution in [2.24, 2.45) is 10.8 Å². The van der Waals surface area contributed by atoms with E-state index in [4.69, 9.17) is 5.73 Å². The molecule has 0 saturated heterocycles. The minimum Gasteiger partial charge on any atom is -0.368 e. The number of primary amides is 1. The number of hydrogen-bond acceptors (Lipinski definition) is 4. The monoisotopic (exact) mass is 362 g/mol. The maximum atomic E-state index is 13.2. The quantitative estimate of drug-likeness (QED) is 0.722. The highest BCUT2D eigenvalue weighted by Crippen LogP contribution is 2.25. The predicted molar refractivity (Wildman–Crippen MR) is 100 cm³/mol. The zero-order chi connectivity index (χ0) is 19.3. The fourth-order valence-electron chi connectivity index (χ4n) is 2.99. The van der Waals surface area contributed by atoms with Crippen LogP contribution in [0.4, 0.5) is 10.1 Å². The number of carbonyl (C=O) groups is 2. The van der Waals surface area contributed by atoms with Gasteiger partial charge in [-0.15, -0.1) is 0 Å². The van der Waals surface area contributed by atoms with Crippen LogP contribution < -0.4 is 10.7 Å². The fraction of sp³-hybridized carbons (Fsp3) is 0.526. The lowest BCUT2D eigenvalue weighted by molar-refractivity contribution is -0.125. The van der Waals surface area contributed by atoms with Gasteiger partial charge in [0.05, 0.1) is 5.69 Å². The van der Waals surface area contributed by atoms with Gasteiger partial charge in [0.2, 0.25) is 5.91 Å². The van der Waals surface area contributed by atoms with E-state index >= 15 is 0 Å². The molecule has 1 unspecified atom stereocenters. The zero-order valence-corrected chi connectivity index (χ0v) is 15.6. The van der Waals surface area contributed by atoms with E-state index in [-0.39, 0.29) is 24.2 Å². The van der Waals surface area contributed by atoms with E-state index in [9.17, 15) is 14.0 Å². The maximum Gasteiger partial charge on any atom is 0.270 e. The summed E-state index contributed by atoms with van der Waals surface area (Å²) in [5.74, 6) is -1.12. The summed E-state index contributed by atoms with van der Waals surface area (Å²) < 4.78 is 13.2. The van der Waals surface area contributed by atoms with Crippen molar-refractivity contribution in [1.29, 1.82) is 0 Å². The number of rotatable bonds is 8. The van der Waals surface area contributed by atoms with Gasteiger partial charge in [0.1, 0.15) is 17.6 Å². The molecule has 2 amide bonds. The van der Waals surface area contributed by atoms with E-state index in [2.05, 4.69) is 12.0 Å². The first-order valence-corrected chi connectivity index (χ1v) is 9.07. The Bertz CT molecular complexity index is 673. The highest BCUT2D eigenvalue weighted by molar-refractivity contribution is 6.40. The topological polar surface area (TPSA) is 79.0 Å². The number of hydrazone groups is 1. The number of nitrogens with zero attached hydrogens (tertiary/aromatic N) is 3. The summed E-state index contributed by atoms with van der Waals surface area (Å²) in [5, 5.41) is 5.77. The Morgan fingerprint density at radius 1 is 1.31 bits per heavy atom. The molecule has 1 aromatic rings. The van der Waals surface area contributed by atoms with Crippen LogP contribution in [-0.2, 0) is 9.59 Å². The van der Waals surface area contributed by atoms with Gasteiger partial charge < -0.3 is 10.6 Å². The third-order valence-corrected chi connectivity index (χ3v) is 4.46. The average Bonchev–Trinajstić information content (AvgIpc) is 3.04. The number of carbonyl (C=O) groups excluding carboxylic acids is 2. The number of hydrogen-bond donors (Lipinski definition) is 1. The van der Waals surface area contributed by atoms with Gasteiger partial charge in [-0.25, -0.2) is 4.39 Å². The van der Waals surface area contributed by atoms with E-state index in [1.54, 1.807) is 4.90 Å². The van der Waals surface area contributed by atoms with Gasteiger partial charge in [0.25, 0.3) is 5.91 Å². The molecule has 1 atom stereocenters. The highest BCUT2D eigenvalue weighted by atomic mass is 19.1. The van der Waals surface area contributed by atoms with Gasteiger partial charge >= 0.3 is 0 Å². The van der Waals surface area contributed by atoms with E-state index in [1.165, 1.54) is 29.3 Å². The number of halogens is 1. The molecule has 1 aromatic carbocycles. The largest absolute Gasteiger partial charge is 0.368 e. The number of unbranched alkanes of at least 4 members (excludes halogenated alkanes) is 2. The van der Waals surface area contributed by atoms with Crippen molar-refractivity contribution in [2.75, 3.05) is 11.6 Å². The molecule has 7 heteroatoms. The smallest absolute Gasteiger partial charge is 0.270 e. The van der Waals surface area contributed by atoms with Crippen LogP contribution in [0, 0.1) is 5.82 Å². The molecule has 0 aromatic heterocycles. The summed E-state index contributed by atoms with van der Waals surface area (Å²) >= 11 is 0. The average molecular weight is 362 g/mol. The zero-order valence-electron chi connectivity index (χ0n) is 15.6. The van der Waals surface area contributed by atoms with Crippen LogP contribution in [0.1, 0.15) is 46.5 Å². The molecule has 1 aliphatic rings. The number of anilines is 1. The van der Waals surface area contributed by atoms with Crippen molar-refractivity contribution < 1.29 is 14.0 Å². The predicted octanol–water partition coefficient (Wildman–Crippen LogP) is 2.67. The normalized spacial score (nSPS) is 16.7. The maximum absolute atomic E-state index is 13.2. The molecule has 0 aliphatic carbocycles. The molecular formula is C19H27FN4O2. The van der Waals surface area contributed by atoms with E-state index in [0.29, 0.717) is 17.9 Å². The van der Waals surface area contributed by atoms with Gasteiger partial charge in [0.15, 0.2) is 0 Å². The third kappa shape index (κ3) is 4.59. The molecule has 0 saturated carbocycles. The first-order chi connectivity index (χ1) is 12.3. The van der Waals surface area contributed by atoms with E-state index in [1.807, 2.05) is 13.8 Å². The summed E-state index contributed by atoms with van der Waals surface area (Å²) in [6.45, 7) is 6.69. The Balaban J connectivity index is 2.24. The van der Waals surface area contributed by atoms with Crippen LogP contribution in [-0.4, -0.2) is 41.1 Å². The first kappa shape index (κ1) is 19.9. The summed E-state index contributed by atoms with van der Waals surface area (Å²) in [5.41, 5.74) is 6.34. The minimum atomic E-state index is -0.746. The molecule has 1 heterocycles.